The van der Waals surface area contributed by atoms with Gasteiger partial charge in [-0.15, -0.1) is 0 Å². The van der Waals surface area contributed by atoms with Crippen LogP contribution in [0.25, 0.3) is 0 Å². The lowest BCUT2D eigenvalue weighted by Crippen LogP contribution is -2.08. The van der Waals surface area contributed by atoms with Gasteiger partial charge in [0.1, 0.15) is 18.2 Å². The number of aromatic nitrogens is 1. The lowest BCUT2D eigenvalue weighted by Gasteiger charge is -2.13. The van der Waals surface area contributed by atoms with Gasteiger partial charge >= 0.3 is 6.18 Å². The second kappa shape index (κ2) is 7.66. The van der Waals surface area contributed by atoms with Crippen molar-refractivity contribution in [3.05, 3.63) is 83.0 Å². The lowest BCUT2D eigenvalue weighted by molar-refractivity contribution is -0.137. The van der Waals surface area contributed by atoms with Crippen molar-refractivity contribution in [1.29, 1.82) is 0 Å². The van der Waals surface area contributed by atoms with Gasteiger partial charge in [-0.3, -0.25) is 0 Å². The summed E-state index contributed by atoms with van der Waals surface area (Å²) in [7, 11) is 0. The van der Waals surface area contributed by atoms with Crippen LogP contribution in [-0.2, 0) is 12.8 Å². The van der Waals surface area contributed by atoms with E-state index in [1.54, 1.807) is 24.4 Å². The van der Waals surface area contributed by atoms with E-state index in [-0.39, 0.29) is 17.2 Å². The number of pyridine rings is 1. The molecule has 2 aromatic carbocycles. The number of benzene rings is 2. The predicted octanol–water partition coefficient (Wildman–Crippen LogP) is 6.08. The van der Waals surface area contributed by atoms with Crippen LogP contribution in [0.1, 0.15) is 11.1 Å². The van der Waals surface area contributed by atoms with Crippen molar-refractivity contribution in [2.24, 2.45) is 0 Å². The highest BCUT2D eigenvalue weighted by molar-refractivity contribution is 6.32. The molecule has 0 spiro atoms. The molecule has 0 amide bonds. The van der Waals surface area contributed by atoms with E-state index >= 15 is 0 Å². The van der Waals surface area contributed by atoms with Gasteiger partial charge in [-0.25, -0.2) is 4.98 Å². The molecular weight excluding hydrogens is 365 g/mol. The predicted molar refractivity (Wildman–Crippen MR) is 94.7 cm³/mol. The summed E-state index contributed by atoms with van der Waals surface area (Å²) in [5.41, 5.74) is 0.145. The zero-order chi connectivity index (χ0) is 18.6. The Balaban J connectivity index is 1.72. The number of hydrogen-bond acceptors (Lipinski definition) is 3. The summed E-state index contributed by atoms with van der Waals surface area (Å²) < 4.78 is 44.3. The molecule has 0 atom stereocenters. The second-order valence-electron chi connectivity index (χ2n) is 5.43. The van der Waals surface area contributed by atoms with Crippen molar-refractivity contribution in [3.63, 3.8) is 0 Å². The van der Waals surface area contributed by atoms with Gasteiger partial charge in [0.05, 0.1) is 10.6 Å². The summed E-state index contributed by atoms with van der Waals surface area (Å²) >= 11 is 5.88. The summed E-state index contributed by atoms with van der Waals surface area (Å²) in [5, 5.41) is 2.77. The smallest absolute Gasteiger partial charge is 0.417 e. The van der Waals surface area contributed by atoms with Crippen LogP contribution in [0.15, 0.2) is 66.9 Å². The van der Waals surface area contributed by atoms with Crippen molar-refractivity contribution < 1.29 is 17.9 Å². The highest BCUT2D eigenvalue weighted by Crippen LogP contribution is 2.36. The molecule has 3 nitrogen and oxygen atoms in total. The van der Waals surface area contributed by atoms with Gasteiger partial charge in [-0.2, -0.15) is 13.2 Å². The molecule has 0 fully saturated rings. The number of hydrogen-bond donors (Lipinski definition) is 1. The first-order valence-electron chi connectivity index (χ1n) is 7.69. The lowest BCUT2D eigenvalue weighted by atomic mass is 10.1. The van der Waals surface area contributed by atoms with Gasteiger partial charge in [0.2, 0.25) is 0 Å². The van der Waals surface area contributed by atoms with E-state index in [0.29, 0.717) is 11.6 Å². The van der Waals surface area contributed by atoms with Crippen molar-refractivity contribution in [1.82, 2.24) is 4.98 Å². The van der Waals surface area contributed by atoms with Gasteiger partial charge < -0.3 is 10.1 Å². The normalized spacial score (nSPS) is 11.2. The molecule has 0 saturated carbocycles. The summed E-state index contributed by atoms with van der Waals surface area (Å²) in [6.07, 6.45) is -2.84. The number of alkyl halides is 3. The fourth-order valence-corrected chi connectivity index (χ4v) is 2.61. The molecule has 0 unspecified atom stereocenters. The van der Waals surface area contributed by atoms with Crippen LogP contribution < -0.4 is 10.1 Å². The minimum absolute atomic E-state index is 0.0736. The Morgan fingerprint density at radius 1 is 1.00 bits per heavy atom. The standard InChI is InChI=1S/C19H14ClF3N2O/c20-18-13(5-3-8-16(18)19(21,22)23)12-26-15-7-4-6-14(11-15)25-17-9-1-2-10-24-17/h1-11H,12H2,(H,24,25). The van der Waals surface area contributed by atoms with Crippen LogP contribution in [0.5, 0.6) is 5.75 Å². The van der Waals surface area contributed by atoms with Crippen LogP contribution in [0.3, 0.4) is 0 Å². The van der Waals surface area contributed by atoms with E-state index < -0.39 is 11.7 Å². The maximum absolute atomic E-state index is 12.9. The van der Waals surface area contributed by atoms with Crippen LogP contribution in [0, 0.1) is 0 Å². The van der Waals surface area contributed by atoms with Crippen LogP contribution in [0.4, 0.5) is 24.7 Å². The number of rotatable bonds is 5. The minimum Gasteiger partial charge on any atom is -0.489 e. The molecule has 7 heteroatoms. The van der Waals surface area contributed by atoms with E-state index in [0.717, 1.165) is 11.8 Å². The van der Waals surface area contributed by atoms with Crippen molar-refractivity contribution in [3.8, 4) is 5.75 Å². The van der Waals surface area contributed by atoms with Crippen LogP contribution >= 0.6 is 11.6 Å². The Morgan fingerprint density at radius 2 is 1.81 bits per heavy atom. The van der Waals surface area contributed by atoms with E-state index in [2.05, 4.69) is 10.3 Å². The fourth-order valence-electron chi connectivity index (χ4n) is 2.32. The Kier molecular flexibility index (Phi) is 5.32. The number of nitrogens with zero attached hydrogens (tertiary/aromatic N) is 1. The first kappa shape index (κ1) is 18.1. The zero-order valence-corrected chi connectivity index (χ0v) is 14.2. The van der Waals surface area contributed by atoms with E-state index in [1.165, 1.54) is 12.1 Å². The van der Waals surface area contributed by atoms with Crippen molar-refractivity contribution >= 4 is 23.1 Å². The molecule has 0 radical (unpaired) electrons. The third-order valence-electron chi connectivity index (χ3n) is 3.55. The molecule has 0 saturated heterocycles. The van der Waals surface area contributed by atoms with E-state index in [9.17, 15) is 13.2 Å². The highest BCUT2D eigenvalue weighted by atomic mass is 35.5. The molecule has 0 bridgehead atoms. The quantitative estimate of drug-likeness (QED) is 0.584. The second-order valence-corrected chi connectivity index (χ2v) is 5.81. The topological polar surface area (TPSA) is 34.1 Å². The zero-order valence-electron chi connectivity index (χ0n) is 13.4. The van der Waals surface area contributed by atoms with Gasteiger partial charge in [-0.05, 0) is 30.3 Å². The van der Waals surface area contributed by atoms with Crippen molar-refractivity contribution in [2.45, 2.75) is 12.8 Å². The van der Waals surface area contributed by atoms with Crippen LogP contribution in [0.2, 0.25) is 5.02 Å². The maximum atomic E-state index is 12.9. The molecule has 3 rings (SSSR count). The summed E-state index contributed by atoms with van der Waals surface area (Å²) in [4.78, 5) is 4.17. The monoisotopic (exact) mass is 378 g/mol. The number of nitrogens with one attached hydrogen (secondary N) is 1. The molecule has 1 heterocycles. The third kappa shape index (κ3) is 4.46. The average molecular weight is 379 g/mol. The van der Waals surface area contributed by atoms with Crippen molar-refractivity contribution in [2.75, 3.05) is 5.32 Å². The molecule has 26 heavy (non-hydrogen) atoms. The summed E-state index contributed by atoms with van der Waals surface area (Å²) in [6.45, 7) is -0.0736. The average Bonchev–Trinajstić information content (AvgIpc) is 2.61. The van der Waals surface area contributed by atoms with Gasteiger partial charge in [0, 0.05) is 23.5 Å². The Labute approximate surface area is 153 Å². The van der Waals surface area contributed by atoms with Gasteiger partial charge in [0.25, 0.3) is 0 Å². The molecule has 0 aliphatic heterocycles. The largest absolute Gasteiger partial charge is 0.489 e. The molecule has 0 aliphatic rings. The number of anilines is 2. The molecule has 3 aromatic rings. The van der Waals surface area contributed by atoms with Gasteiger partial charge in [-0.1, -0.05) is 35.9 Å². The molecule has 0 aliphatic carbocycles. The number of halogens is 4. The maximum Gasteiger partial charge on any atom is 0.417 e. The Bertz CT molecular complexity index is 885. The molecular formula is C19H14ClF3N2O. The molecule has 134 valence electrons. The Hall–Kier alpha value is -2.73. The van der Waals surface area contributed by atoms with E-state index in [4.69, 9.17) is 16.3 Å². The van der Waals surface area contributed by atoms with Gasteiger partial charge in [0.15, 0.2) is 0 Å². The van der Waals surface area contributed by atoms with Crippen LogP contribution in [-0.4, -0.2) is 4.98 Å². The van der Waals surface area contributed by atoms with E-state index in [1.807, 2.05) is 24.3 Å². The third-order valence-corrected chi connectivity index (χ3v) is 4.00. The first-order chi connectivity index (χ1) is 12.4. The minimum atomic E-state index is -4.50. The number of ether oxygens (including phenoxy) is 1. The molecule has 1 N–H and O–H groups in total. The molecule has 1 aromatic heterocycles. The Morgan fingerprint density at radius 3 is 2.54 bits per heavy atom. The summed E-state index contributed by atoms with van der Waals surface area (Å²) in [5.74, 6) is 1.17. The SMILES string of the molecule is FC(F)(F)c1cccc(COc2cccc(Nc3ccccn3)c2)c1Cl. The summed E-state index contributed by atoms with van der Waals surface area (Å²) in [6, 6.07) is 16.3. The fraction of sp³-hybridized carbons (Fsp3) is 0.105. The highest BCUT2D eigenvalue weighted by Gasteiger charge is 2.33. The first-order valence-corrected chi connectivity index (χ1v) is 8.07.